The van der Waals surface area contributed by atoms with Gasteiger partial charge in [0.2, 0.25) is 15.9 Å². The monoisotopic (exact) mass is 436 g/mol. The van der Waals surface area contributed by atoms with Crippen LogP contribution < -0.4 is 9.62 Å². The lowest BCUT2D eigenvalue weighted by atomic mass is 10.0. The van der Waals surface area contributed by atoms with Gasteiger partial charge in [-0.05, 0) is 30.7 Å². The number of ketones is 1. The molecule has 0 aromatic heterocycles. The van der Waals surface area contributed by atoms with E-state index in [1.54, 1.807) is 72.8 Å². The molecule has 0 unspecified atom stereocenters. The fourth-order valence-electron chi connectivity index (χ4n) is 3.21. The van der Waals surface area contributed by atoms with Crippen molar-refractivity contribution < 1.29 is 18.0 Å². The van der Waals surface area contributed by atoms with Gasteiger partial charge in [-0.25, -0.2) is 8.42 Å². The second-order valence-corrected chi connectivity index (χ2v) is 8.97. The van der Waals surface area contributed by atoms with Crippen molar-refractivity contribution in [3.8, 4) is 0 Å². The Labute approximate surface area is 182 Å². The molecule has 0 aliphatic rings. The first-order chi connectivity index (χ1) is 14.9. The van der Waals surface area contributed by atoms with Gasteiger partial charge in [-0.3, -0.25) is 13.9 Å². The van der Waals surface area contributed by atoms with Gasteiger partial charge < -0.3 is 5.32 Å². The molecule has 6 nitrogen and oxygen atoms in total. The number of para-hydroxylation sites is 2. The highest BCUT2D eigenvalue weighted by Crippen LogP contribution is 2.21. The Morgan fingerprint density at radius 1 is 0.839 bits per heavy atom. The largest absolute Gasteiger partial charge is 0.325 e. The maximum absolute atomic E-state index is 12.8. The van der Waals surface area contributed by atoms with Crippen molar-refractivity contribution in [1.82, 2.24) is 0 Å². The van der Waals surface area contributed by atoms with Crippen molar-refractivity contribution in [3.63, 3.8) is 0 Å². The molecule has 0 atom stereocenters. The fourth-order valence-corrected chi connectivity index (χ4v) is 4.18. The van der Waals surface area contributed by atoms with E-state index in [0.717, 1.165) is 6.26 Å². The van der Waals surface area contributed by atoms with Crippen LogP contribution in [0.4, 0.5) is 11.4 Å². The van der Waals surface area contributed by atoms with Crippen LogP contribution in [0.5, 0.6) is 0 Å². The van der Waals surface area contributed by atoms with E-state index < -0.39 is 10.0 Å². The van der Waals surface area contributed by atoms with E-state index in [1.165, 1.54) is 4.31 Å². The molecule has 7 heteroatoms. The lowest BCUT2D eigenvalue weighted by molar-refractivity contribution is -0.116. The molecule has 0 aliphatic heterocycles. The van der Waals surface area contributed by atoms with Crippen LogP contribution >= 0.6 is 0 Å². The first-order valence-corrected chi connectivity index (χ1v) is 11.7. The summed E-state index contributed by atoms with van der Waals surface area (Å²) in [7, 11) is -3.47. The van der Waals surface area contributed by atoms with Crippen molar-refractivity contribution in [3.05, 3.63) is 96.1 Å². The Kier molecular flexibility index (Phi) is 7.20. The molecule has 0 spiro atoms. The van der Waals surface area contributed by atoms with Crippen LogP contribution in [0.25, 0.3) is 0 Å². The molecule has 160 valence electrons. The van der Waals surface area contributed by atoms with E-state index in [1.807, 2.05) is 12.1 Å². The van der Waals surface area contributed by atoms with Crippen molar-refractivity contribution in [2.45, 2.75) is 12.8 Å². The van der Waals surface area contributed by atoms with Crippen LogP contribution in [0.2, 0.25) is 0 Å². The van der Waals surface area contributed by atoms with Gasteiger partial charge in [-0.15, -0.1) is 0 Å². The first kappa shape index (κ1) is 22.2. The number of sulfonamides is 1. The molecule has 3 rings (SSSR count). The number of carbonyl (C=O) groups excluding carboxylic acids is 2. The summed E-state index contributed by atoms with van der Waals surface area (Å²) < 4.78 is 25.6. The summed E-state index contributed by atoms with van der Waals surface area (Å²) in [6.45, 7) is 0.181. The SMILES string of the molecule is CS(=O)(=O)N(CCCC(=O)Nc1ccccc1C(=O)c1ccccc1)c1ccccc1. The normalized spacial score (nSPS) is 11.0. The lowest BCUT2D eigenvalue weighted by Gasteiger charge is -2.22. The molecule has 3 aromatic rings. The molecular weight excluding hydrogens is 412 g/mol. The maximum atomic E-state index is 12.8. The third-order valence-corrected chi connectivity index (χ3v) is 5.89. The Balaban J connectivity index is 1.65. The van der Waals surface area contributed by atoms with E-state index in [9.17, 15) is 18.0 Å². The third-order valence-electron chi connectivity index (χ3n) is 4.69. The number of amides is 1. The number of nitrogens with one attached hydrogen (secondary N) is 1. The van der Waals surface area contributed by atoms with E-state index in [4.69, 9.17) is 0 Å². The molecule has 0 saturated carbocycles. The van der Waals surface area contributed by atoms with E-state index in [0.29, 0.717) is 28.9 Å². The summed E-state index contributed by atoms with van der Waals surface area (Å²) in [5.41, 5.74) is 1.94. The Morgan fingerprint density at radius 2 is 1.42 bits per heavy atom. The van der Waals surface area contributed by atoms with Crippen molar-refractivity contribution in [2.75, 3.05) is 22.4 Å². The zero-order chi connectivity index (χ0) is 22.3. The molecule has 1 N–H and O–H groups in total. The van der Waals surface area contributed by atoms with Gasteiger partial charge in [0, 0.05) is 24.1 Å². The molecule has 0 fully saturated rings. The second-order valence-electron chi connectivity index (χ2n) is 7.06. The highest BCUT2D eigenvalue weighted by molar-refractivity contribution is 7.92. The van der Waals surface area contributed by atoms with Crippen LogP contribution in [0.3, 0.4) is 0 Å². The van der Waals surface area contributed by atoms with Gasteiger partial charge in [0.05, 0.1) is 17.6 Å². The highest BCUT2D eigenvalue weighted by Gasteiger charge is 2.18. The van der Waals surface area contributed by atoms with Crippen molar-refractivity contribution in [1.29, 1.82) is 0 Å². The number of anilines is 2. The minimum Gasteiger partial charge on any atom is -0.325 e. The quantitative estimate of drug-likeness (QED) is 0.512. The predicted molar refractivity (Wildman–Crippen MR) is 123 cm³/mol. The van der Waals surface area contributed by atoms with Crippen LogP contribution in [0.1, 0.15) is 28.8 Å². The van der Waals surface area contributed by atoms with E-state index in [2.05, 4.69) is 5.32 Å². The Hall–Kier alpha value is -3.45. The number of nitrogens with zero attached hydrogens (tertiary/aromatic N) is 1. The maximum Gasteiger partial charge on any atom is 0.232 e. The molecule has 3 aromatic carbocycles. The molecule has 31 heavy (non-hydrogen) atoms. The summed E-state index contributed by atoms with van der Waals surface area (Å²) in [6.07, 6.45) is 1.60. The lowest BCUT2D eigenvalue weighted by Crippen LogP contribution is -2.31. The number of hydrogen-bond donors (Lipinski definition) is 1. The van der Waals surface area contributed by atoms with Gasteiger partial charge in [0.15, 0.2) is 5.78 Å². The Morgan fingerprint density at radius 3 is 2.06 bits per heavy atom. The van der Waals surface area contributed by atoms with E-state index in [-0.39, 0.29) is 24.7 Å². The minimum absolute atomic E-state index is 0.118. The topological polar surface area (TPSA) is 83.6 Å². The second kappa shape index (κ2) is 10.0. The molecule has 0 saturated heterocycles. The molecule has 1 amide bonds. The number of rotatable bonds is 9. The number of hydrogen-bond acceptors (Lipinski definition) is 4. The zero-order valence-electron chi connectivity index (χ0n) is 17.2. The van der Waals surface area contributed by atoms with Gasteiger partial charge in [-0.1, -0.05) is 60.7 Å². The van der Waals surface area contributed by atoms with E-state index >= 15 is 0 Å². The summed E-state index contributed by atoms with van der Waals surface area (Å²) >= 11 is 0. The Bertz CT molecular complexity index is 1150. The average molecular weight is 437 g/mol. The standard InChI is InChI=1S/C24H24N2O4S/c1-31(29,30)26(20-13-6-3-7-14-20)18-10-17-23(27)25-22-16-9-8-15-21(22)24(28)19-11-4-2-5-12-19/h2-9,11-16H,10,17-18H2,1H3,(H,25,27). The summed E-state index contributed by atoms with van der Waals surface area (Å²) in [5.74, 6) is -0.460. The predicted octanol–water partition coefficient (Wildman–Crippen LogP) is 4.10. The van der Waals surface area contributed by atoms with Crippen LogP contribution in [0.15, 0.2) is 84.9 Å². The zero-order valence-corrected chi connectivity index (χ0v) is 18.0. The molecule has 0 radical (unpaired) electrons. The highest BCUT2D eigenvalue weighted by atomic mass is 32.2. The van der Waals surface area contributed by atoms with Crippen LogP contribution in [-0.2, 0) is 14.8 Å². The summed E-state index contributed by atoms with van der Waals surface area (Å²) in [4.78, 5) is 25.3. The summed E-state index contributed by atoms with van der Waals surface area (Å²) in [6, 6.07) is 24.5. The first-order valence-electron chi connectivity index (χ1n) is 9.87. The molecule has 0 aliphatic carbocycles. The van der Waals surface area contributed by atoms with Crippen molar-refractivity contribution >= 4 is 33.1 Å². The van der Waals surface area contributed by atoms with Crippen LogP contribution in [-0.4, -0.2) is 32.9 Å². The number of carbonyl (C=O) groups is 2. The van der Waals surface area contributed by atoms with Crippen LogP contribution in [0, 0.1) is 0 Å². The third kappa shape index (κ3) is 6.02. The van der Waals surface area contributed by atoms with Gasteiger partial charge in [0.1, 0.15) is 0 Å². The molecule has 0 heterocycles. The average Bonchev–Trinajstić information content (AvgIpc) is 2.77. The molecule has 0 bridgehead atoms. The van der Waals surface area contributed by atoms with Gasteiger partial charge in [0.25, 0.3) is 0 Å². The summed E-state index contributed by atoms with van der Waals surface area (Å²) in [5, 5.41) is 2.79. The number of benzene rings is 3. The molecular formula is C24H24N2O4S. The minimum atomic E-state index is -3.47. The smallest absolute Gasteiger partial charge is 0.232 e. The van der Waals surface area contributed by atoms with Crippen molar-refractivity contribution in [2.24, 2.45) is 0 Å². The van der Waals surface area contributed by atoms with Gasteiger partial charge in [-0.2, -0.15) is 0 Å². The van der Waals surface area contributed by atoms with Gasteiger partial charge >= 0.3 is 0 Å². The fraction of sp³-hybridized carbons (Fsp3) is 0.167.